The Balaban J connectivity index is 1.08. The number of anilines is 2. The Morgan fingerprint density at radius 3 is 1.66 bits per heavy atom. The van der Waals surface area contributed by atoms with Crippen molar-refractivity contribution >= 4 is 16.9 Å². The summed E-state index contributed by atoms with van der Waals surface area (Å²) in [6, 6.07) is 67.6. The normalized spacial score (nSPS) is 14.7. The molecule has 1 spiro atoms. The first-order valence-corrected chi connectivity index (χ1v) is 20.2. The predicted molar refractivity (Wildman–Crippen MR) is 235 cm³/mol. The predicted octanol–water partition coefficient (Wildman–Crippen LogP) is 14.5. The summed E-state index contributed by atoms with van der Waals surface area (Å²) in [5.41, 5.74) is 17.4. The third-order valence-corrected chi connectivity index (χ3v) is 12.4. The first-order chi connectivity index (χ1) is 28.8. The van der Waals surface area contributed by atoms with E-state index in [-0.39, 0.29) is 0 Å². The third-order valence-electron chi connectivity index (χ3n) is 12.4. The molecule has 3 nitrogen and oxygen atoms in total. The number of fused-ring (bicyclic) bond motifs is 12. The SMILES string of the molecule is C1=CC(N(c2ccccc2-c2ccccc2)c2cccc3c2Oc2cc4c(cc2O3)-c2ccccc2C42c3ccccc3-c3ccccc32)=C(c2ccccc2)CC1. The molecule has 8 aromatic rings. The van der Waals surface area contributed by atoms with Gasteiger partial charge in [-0.1, -0.05) is 164 Å². The van der Waals surface area contributed by atoms with Gasteiger partial charge in [0.25, 0.3) is 0 Å². The van der Waals surface area contributed by atoms with Crippen molar-refractivity contribution in [2.75, 3.05) is 4.90 Å². The first-order valence-electron chi connectivity index (χ1n) is 20.2. The average Bonchev–Trinajstić information content (AvgIpc) is 3.75. The molecule has 0 saturated heterocycles. The van der Waals surface area contributed by atoms with E-state index in [1.54, 1.807) is 0 Å². The van der Waals surface area contributed by atoms with Gasteiger partial charge in [0.05, 0.1) is 16.8 Å². The zero-order valence-corrected chi connectivity index (χ0v) is 31.7. The third kappa shape index (κ3) is 4.68. The Kier molecular flexibility index (Phi) is 7.27. The van der Waals surface area contributed by atoms with E-state index in [0.29, 0.717) is 23.0 Å². The molecule has 4 aliphatic rings. The minimum absolute atomic E-state index is 0.486. The van der Waals surface area contributed by atoms with E-state index in [0.717, 1.165) is 41.0 Å². The molecule has 0 saturated carbocycles. The van der Waals surface area contributed by atoms with E-state index in [1.165, 1.54) is 55.6 Å². The van der Waals surface area contributed by atoms with Crippen LogP contribution in [0.15, 0.2) is 206 Å². The van der Waals surface area contributed by atoms with Gasteiger partial charge in [0.2, 0.25) is 0 Å². The number of ether oxygens (including phenoxy) is 2. The van der Waals surface area contributed by atoms with Gasteiger partial charge in [0, 0.05) is 11.3 Å². The molecule has 1 aliphatic heterocycles. The van der Waals surface area contributed by atoms with Gasteiger partial charge in [-0.2, -0.15) is 0 Å². The molecule has 3 aliphatic carbocycles. The van der Waals surface area contributed by atoms with Gasteiger partial charge in [-0.25, -0.2) is 0 Å². The van der Waals surface area contributed by atoms with Gasteiger partial charge in [0.15, 0.2) is 23.0 Å². The van der Waals surface area contributed by atoms with Crippen LogP contribution in [0.5, 0.6) is 23.0 Å². The summed E-state index contributed by atoms with van der Waals surface area (Å²) in [5.74, 6) is 2.80. The minimum atomic E-state index is -0.486. The second kappa shape index (κ2) is 12.8. The Morgan fingerprint density at radius 2 is 0.966 bits per heavy atom. The molecular formula is C55H37NO2. The number of nitrogens with zero attached hydrogens (tertiary/aromatic N) is 1. The highest BCUT2D eigenvalue weighted by molar-refractivity contribution is 5.97. The summed E-state index contributed by atoms with van der Waals surface area (Å²) < 4.78 is 14.2. The highest BCUT2D eigenvalue weighted by Crippen LogP contribution is 2.65. The van der Waals surface area contributed by atoms with Crippen molar-refractivity contribution in [2.24, 2.45) is 0 Å². The molecule has 0 atom stereocenters. The maximum absolute atomic E-state index is 7.28. The Hall–Kier alpha value is -7.36. The van der Waals surface area contributed by atoms with E-state index in [9.17, 15) is 0 Å². The summed E-state index contributed by atoms with van der Waals surface area (Å²) in [6.45, 7) is 0. The Bertz CT molecular complexity index is 2970. The van der Waals surface area contributed by atoms with E-state index < -0.39 is 5.41 Å². The standard InChI is InChI=1S/C55H37NO2/c1-3-18-36(19-4-1)38-22-10-15-30-48(38)56(49-31-16-11-23-39(49)37-20-5-2-6-21-37)50-32-17-33-51-54(50)58-53-35-47-43(34-52(53)57-51)42-26-9-14-29-46(42)55(47)44-27-12-7-24-40(44)41-25-8-13-28-45(41)55/h1-10,12-22,24-35H,11,23H2. The molecule has 0 unspecified atom stereocenters. The van der Waals surface area contributed by atoms with Gasteiger partial charge in [-0.05, 0) is 110 Å². The first kappa shape index (κ1) is 32.8. The lowest BCUT2D eigenvalue weighted by Gasteiger charge is -2.35. The molecule has 274 valence electrons. The fourth-order valence-electron chi connectivity index (χ4n) is 10.1. The van der Waals surface area contributed by atoms with E-state index in [1.807, 2.05) is 6.07 Å². The maximum atomic E-state index is 7.28. The topological polar surface area (TPSA) is 21.7 Å². The summed E-state index contributed by atoms with van der Waals surface area (Å²) in [6.07, 6.45) is 6.48. The fourth-order valence-corrected chi connectivity index (χ4v) is 10.1. The summed E-state index contributed by atoms with van der Waals surface area (Å²) in [7, 11) is 0. The molecule has 0 amide bonds. The number of hydrogen-bond donors (Lipinski definition) is 0. The van der Waals surface area contributed by atoms with Crippen LogP contribution in [0.1, 0.15) is 40.7 Å². The van der Waals surface area contributed by atoms with Crippen LogP contribution < -0.4 is 14.4 Å². The summed E-state index contributed by atoms with van der Waals surface area (Å²) >= 11 is 0. The van der Waals surface area contributed by atoms with E-state index in [2.05, 4.69) is 199 Å². The number of benzene rings is 8. The second-order valence-corrected chi connectivity index (χ2v) is 15.4. The molecule has 8 aromatic carbocycles. The van der Waals surface area contributed by atoms with Crippen LogP contribution in [0.2, 0.25) is 0 Å². The van der Waals surface area contributed by atoms with E-state index in [4.69, 9.17) is 9.47 Å². The van der Waals surface area contributed by atoms with Crippen LogP contribution in [0.25, 0.3) is 39.0 Å². The molecule has 1 heterocycles. The number of para-hydroxylation sites is 2. The van der Waals surface area contributed by atoms with Crippen LogP contribution in [0, 0.1) is 0 Å². The quantitative estimate of drug-likeness (QED) is 0.175. The molecule has 0 fully saturated rings. The van der Waals surface area contributed by atoms with Crippen LogP contribution in [0.3, 0.4) is 0 Å². The molecule has 0 N–H and O–H groups in total. The zero-order valence-electron chi connectivity index (χ0n) is 31.7. The fraction of sp³-hybridized carbons (Fsp3) is 0.0545. The molecule has 0 bridgehead atoms. The number of hydrogen-bond acceptors (Lipinski definition) is 3. The van der Waals surface area contributed by atoms with Gasteiger partial charge in [-0.15, -0.1) is 0 Å². The largest absolute Gasteiger partial charge is 0.449 e. The lowest BCUT2D eigenvalue weighted by atomic mass is 9.70. The van der Waals surface area contributed by atoms with Gasteiger partial charge in [-0.3, -0.25) is 0 Å². The van der Waals surface area contributed by atoms with Crippen molar-refractivity contribution in [3.8, 4) is 56.4 Å². The van der Waals surface area contributed by atoms with Crippen LogP contribution >= 0.6 is 0 Å². The molecular weight excluding hydrogens is 707 g/mol. The van der Waals surface area contributed by atoms with Crippen molar-refractivity contribution in [3.05, 3.63) is 234 Å². The van der Waals surface area contributed by atoms with Crippen LogP contribution in [-0.4, -0.2) is 0 Å². The number of allylic oxidation sites excluding steroid dienone is 3. The highest BCUT2D eigenvalue weighted by Gasteiger charge is 2.52. The van der Waals surface area contributed by atoms with E-state index >= 15 is 0 Å². The lowest BCUT2D eigenvalue weighted by Crippen LogP contribution is -2.26. The summed E-state index contributed by atoms with van der Waals surface area (Å²) in [5, 5.41) is 0. The second-order valence-electron chi connectivity index (χ2n) is 15.4. The maximum Gasteiger partial charge on any atom is 0.194 e. The monoisotopic (exact) mass is 743 g/mol. The number of rotatable bonds is 5. The van der Waals surface area contributed by atoms with Gasteiger partial charge < -0.3 is 14.4 Å². The van der Waals surface area contributed by atoms with Crippen molar-refractivity contribution in [1.29, 1.82) is 0 Å². The molecule has 58 heavy (non-hydrogen) atoms. The van der Waals surface area contributed by atoms with Crippen molar-refractivity contribution in [3.63, 3.8) is 0 Å². The molecule has 12 rings (SSSR count). The summed E-state index contributed by atoms with van der Waals surface area (Å²) in [4.78, 5) is 2.39. The minimum Gasteiger partial charge on any atom is -0.449 e. The Morgan fingerprint density at radius 1 is 0.414 bits per heavy atom. The van der Waals surface area contributed by atoms with Crippen LogP contribution in [-0.2, 0) is 5.41 Å². The highest BCUT2D eigenvalue weighted by atomic mass is 16.6. The molecule has 0 aromatic heterocycles. The van der Waals surface area contributed by atoms with Crippen LogP contribution in [0.4, 0.5) is 11.4 Å². The van der Waals surface area contributed by atoms with Crippen molar-refractivity contribution < 1.29 is 9.47 Å². The molecule has 0 radical (unpaired) electrons. The average molecular weight is 744 g/mol. The zero-order chi connectivity index (χ0) is 38.2. The Labute approximate surface area is 338 Å². The lowest BCUT2D eigenvalue weighted by molar-refractivity contribution is 0.360. The molecule has 3 heteroatoms. The van der Waals surface area contributed by atoms with Gasteiger partial charge in [0.1, 0.15) is 0 Å². The van der Waals surface area contributed by atoms with Gasteiger partial charge >= 0.3 is 0 Å². The van der Waals surface area contributed by atoms with Crippen molar-refractivity contribution in [2.45, 2.75) is 18.3 Å². The smallest absolute Gasteiger partial charge is 0.194 e. The van der Waals surface area contributed by atoms with Crippen molar-refractivity contribution in [1.82, 2.24) is 0 Å².